The van der Waals surface area contributed by atoms with Gasteiger partial charge in [0.1, 0.15) is 0 Å². The summed E-state index contributed by atoms with van der Waals surface area (Å²) in [6.45, 7) is 9.43. The van der Waals surface area contributed by atoms with Crippen LogP contribution in [0.2, 0.25) is 0 Å². The highest BCUT2D eigenvalue weighted by Gasteiger charge is 2.04. The van der Waals surface area contributed by atoms with E-state index in [9.17, 15) is 4.79 Å². The van der Waals surface area contributed by atoms with Crippen molar-refractivity contribution in [2.75, 3.05) is 0 Å². The van der Waals surface area contributed by atoms with Gasteiger partial charge in [-0.25, -0.2) is 0 Å². The standard InChI is InChI=1S/C12H24O2.C3H8O/c1-4-5-6-7-8-9-10-12(13)14-11(2)3;1-3(2)4/h11H,4-10H2,1-3H3;3-4H,1-2H3. The average Bonchev–Trinajstić information content (AvgIpc) is 2.21. The van der Waals surface area contributed by atoms with Crippen LogP contribution < -0.4 is 0 Å². The third-order valence-corrected chi connectivity index (χ3v) is 2.10. The van der Waals surface area contributed by atoms with Crippen molar-refractivity contribution in [3.63, 3.8) is 0 Å². The fourth-order valence-electron chi connectivity index (χ4n) is 1.37. The predicted molar refractivity (Wildman–Crippen MR) is 76.6 cm³/mol. The average molecular weight is 260 g/mol. The fourth-order valence-corrected chi connectivity index (χ4v) is 1.37. The number of unbranched alkanes of at least 4 members (excludes halogenated alkanes) is 5. The minimum absolute atomic E-state index is 0.0302. The van der Waals surface area contributed by atoms with Gasteiger partial charge in [0.2, 0.25) is 0 Å². The van der Waals surface area contributed by atoms with Gasteiger partial charge in [0, 0.05) is 12.5 Å². The Bertz CT molecular complexity index is 174. The smallest absolute Gasteiger partial charge is 0.306 e. The lowest BCUT2D eigenvalue weighted by Gasteiger charge is -2.07. The minimum atomic E-state index is -0.167. The van der Waals surface area contributed by atoms with Crippen LogP contribution in [0.4, 0.5) is 0 Å². The summed E-state index contributed by atoms with van der Waals surface area (Å²) < 4.78 is 5.04. The topological polar surface area (TPSA) is 46.5 Å². The molecule has 0 radical (unpaired) electrons. The first-order valence-electron chi connectivity index (χ1n) is 7.27. The van der Waals surface area contributed by atoms with E-state index < -0.39 is 0 Å². The molecule has 0 aromatic heterocycles. The molecule has 110 valence electrons. The van der Waals surface area contributed by atoms with E-state index in [0.717, 1.165) is 12.8 Å². The van der Waals surface area contributed by atoms with Crippen molar-refractivity contribution < 1.29 is 14.6 Å². The molecule has 18 heavy (non-hydrogen) atoms. The Hall–Kier alpha value is -0.570. The number of rotatable bonds is 8. The maximum absolute atomic E-state index is 11.1. The lowest BCUT2D eigenvalue weighted by atomic mass is 10.1. The number of aliphatic hydroxyl groups excluding tert-OH is 1. The molecule has 0 fully saturated rings. The molecule has 0 saturated carbocycles. The Morgan fingerprint density at radius 2 is 1.44 bits per heavy atom. The van der Waals surface area contributed by atoms with Gasteiger partial charge in [0.25, 0.3) is 0 Å². The molecule has 0 amide bonds. The fraction of sp³-hybridized carbons (Fsp3) is 0.933. The number of ether oxygens (including phenoxy) is 1. The molecule has 0 aromatic rings. The maximum atomic E-state index is 11.1. The Balaban J connectivity index is 0. The van der Waals surface area contributed by atoms with Crippen molar-refractivity contribution in [1.29, 1.82) is 0 Å². The molecule has 3 heteroatoms. The van der Waals surface area contributed by atoms with Crippen LogP contribution >= 0.6 is 0 Å². The van der Waals surface area contributed by atoms with Gasteiger partial charge >= 0.3 is 5.97 Å². The van der Waals surface area contributed by atoms with Gasteiger partial charge in [-0.2, -0.15) is 0 Å². The van der Waals surface area contributed by atoms with Crippen molar-refractivity contribution in [1.82, 2.24) is 0 Å². The molecular formula is C15H32O3. The van der Waals surface area contributed by atoms with E-state index in [-0.39, 0.29) is 18.2 Å². The third kappa shape index (κ3) is 24.6. The van der Waals surface area contributed by atoms with Crippen LogP contribution in [-0.4, -0.2) is 23.3 Å². The molecule has 0 aliphatic carbocycles. The van der Waals surface area contributed by atoms with Gasteiger partial charge in [-0.15, -0.1) is 0 Å². The van der Waals surface area contributed by atoms with Crippen LogP contribution in [0.25, 0.3) is 0 Å². The van der Waals surface area contributed by atoms with Gasteiger partial charge < -0.3 is 9.84 Å². The lowest BCUT2D eigenvalue weighted by molar-refractivity contribution is -0.147. The Morgan fingerprint density at radius 1 is 1.00 bits per heavy atom. The first-order valence-corrected chi connectivity index (χ1v) is 7.27. The van der Waals surface area contributed by atoms with Crippen LogP contribution in [0.3, 0.4) is 0 Å². The molecule has 0 atom stereocenters. The Kier molecular flexibility index (Phi) is 15.9. The maximum Gasteiger partial charge on any atom is 0.306 e. The van der Waals surface area contributed by atoms with E-state index in [1.807, 2.05) is 13.8 Å². The molecule has 3 nitrogen and oxygen atoms in total. The van der Waals surface area contributed by atoms with Crippen molar-refractivity contribution in [2.45, 2.75) is 91.8 Å². The number of carbonyl (C=O) groups excluding carboxylic acids is 1. The van der Waals surface area contributed by atoms with Crippen molar-refractivity contribution in [3.05, 3.63) is 0 Å². The number of aliphatic hydroxyl groups is 1. The monoisotopic (exact) mass is 260 g/mol. The van der Waals surface area contributed by atoms with Crippen molar-refractivity contribution in [3.8, 4) is 0 Å². The highest BCUT2D eigenvalue weighted by Crippen LogP contribution is 2.07. The van der Waals surface area contributed by atoms with E-state index in [0.29, 0.717) is 6.42 Å². The van der Waals surface area contributed by atoms with Gasteiger partial charge in [0.05, 0.1) is 6.10 Å². The van der Waals surface area contributed by atoms with E-state index in [4.69, 9.17) is 9.84 Å². The van der Waals surface area contributed by atoms with Crippen LogP contribution in [-0.2, 0) is 9.53 Å². The zero-order valence-corrected chi connectivity index (χ0v) is 12.9. The minimum Gasteiger partial charge on any atom is -0.463 e. The van der Waals surface area contributed by atoms with Crippen LogP contribution in [0.15, 0.2) is 0 Å². The second kappa shape index (κ2) is 14.5. The largest absolute Gasteiger partial charge is 0.463 e. The summed E-state index contributed by atoms with van der Waals surface area (Å²) in [5, 5.41) is 8.06. The molecule has 0 spiro atoms. The lowest BCUT2D eigenvalue weighted by Crippen LogP contribution is -2.10. The second-order valence-corrected chi connectivity index (χ2v) is 5.15. The van der Waals surface area contributed by atoms with E-state index >= 15 is 0 Å². The van der Waals surface area contributed by atoms with Gasteiger partial charge in [-0.1, -0.05) is 39.0 Å². The van der Waals surface area contributed by atoms with E-state index in [1.54, 1.807) is 13.8 Å². The molecular weight excluding hydrogens is 228 g/mol. The summed E-state index contributed by atoms with van der Waals surface area (Å²) in [4.78, 5) is 11.1. The summed E-state index contributed by atoms with van der Waals surface area (Å²) in [5.41, 5.74) is 0. The molecule has 0 aliphatic rings. The summed E-state index contributed by atoms with van der Waals surface area (Å²) >= 11 is 0. The summed E-state index contributed by atoms with van der Waals surface area (Å²) in [5.74, 6) is -0.0458. The molecule has 0 aromatic carbocycles. The van der Waals surface area contributed by atoms with Crippen LogP contribution in [0.5, 0.6) is 0 Å². The summed E-state index contributed by atoms with van der Waals surface area (Å²) in [6.07, 6.45) is 7.74. The molecule has 0 unspecified atom stereocenters. The number of carbonyl (C=O) groups is 1. The highest BCUT2D eigenvalue weighted by atomic mass is 16.5. The van der Waals surface area contributed by atoms with E-state index in [1.165, 1.54) is 25.7 Å². The van der Waals surface area contributed by atoms with Crippen LogP contribution in [0, 0.1) is 0 Å². The molecule has 0 heterocycles. The Labute approximate surface area is 113 Å². The first-order chi connectivity index (χ1) is 8.40. The Morgan fingerprint density at radius 3 is 1.89 bits per heavy atom. The zero-order valence-electron chi connectivity index (χ0n) is 12.9. The predicted octanol–water partition coefficient (Wildman–Crippen LogP) is 4.08. The molecule has 0 bridgehead atoms. The molecule has 0 rings (SSSR count). The quantitative estimate of drug-likeness (QED) is 0.528. The molecule has 0 aliphatic heterocycles. The first kappa shape index (κ1) is 19.8. The number of esters is 1. The van der Waals surface area contributed by atoms with Gasteiger partial charge in [-0.05, 0) is 34.1 Å². The second-order valence-electron chi connectivity index (χ2n) is 5.15. The van der Waals surface area contributed by atoms with Crippen LogP contribution in [0.1, 0.15) is 79.6 Å². The van der Waals surface area contributed by atoms with Crippen molar-refractivity contribution in [2.24, 2.45) is 0 Å². The summed E-state index contributed by atoms with van der Waals surface area (Å²) in [7, 11) is 0. The number of hydrogen-bond acceptors (Lipinski definition) is 3. The van der Waals surface area contributed by atoms with E-state index in [2.05, 4.69) is 6.92 Å². The zero-order chi connectivity index (χ0) is 14.4. The normalized spacial score (nSPS) is 10.2. The molecule has 0 saturated heterocycles. The third-order valence-electron chi connectivity index (χ3n) is 2.10. The highest BCUT2D eigenvalue weighted by molar-refractivity contribution is 5.69. The SMILES string of the molecule is CC(C)O.CCCCCCCCC(=O)OC(C)C. The molecule has 1 N–H and O–H groups in total. The van der Waals surface area contributed by atoms with Gasteiger partial charge in [-0.3, -0.25) is 4.79 Å². The number of hydrogen-bond donors (Lipinski definition) is 1. The van der Waals surface area contributed by atoms with Gasteiger partial charge in [0.15, 0.2) is 0 Å². The summed E-state index contributed by atoms with van der Waals surface area (Å²) in [6, 6.07) is 0. The van der Waals surface area contributed by atoms with Crippen molar-refractivity contribution >= 4 is 5.97 Å².